The molecule has 0 saturated carbocycles. The van der Waals surface area contributed by atoms with Crippen molar-refractivity contribution in [2.75, 3.05) is 12.4 Å². The van der Waals surface area contributed by atoms with E-state index in [4.69, 9.17) is 4.74 Å². The van der Waals surface area contributed by atoms with Crippen LogP contribution in [0.5, 0.6) is 5.75 Å². The third kappa shape index (κ3) is 2.82. The smallest absolute Gasteiger partial charge is 0.147 e. The molecule has 6 heteroatoms. The topological polar surface area (TPSA) is 47.0 Å². The maximum Gasteiger partial charge on any atom is 0.147 e. The number of anilines is 2. The average molecular weight is 345 g/mol. The van der Waals surface area contributed by atoms with Crippen molar-refractivity contribution in [1.29, 1.82) is 0 Å². The van der Waals surface area contributed by atoms with Crippen molar-refractivity contribution in [1.82, 2.24) is 9.97 Å². The molecule has 0 aliphatic carbocycles. The number of hydrogen-bond acceptors (Lipinski definition) is 4. The van der Waals surface area contributed by atoms with E-state index in [9.17, 15) is 4.39 Å². The van der Waals surface area contributed by atoms with Crippen molar-refractivity contribution in [3.63, 3.8) is 0 Å². The van der Waals surface area contributed by atoms with E-state index in [1.54, 1.807) is 12.3 Å². The number of methoxy groups -OCH3 is 1. The van der Waals surface area contributed by atoms with Gasteiger partial charge in [0.05, 0.1) is 16.4 Å². The number of hydrogen-bond donors (Lipinski definition) is 1. The molecule has 0 spiro atoms. The minimum Gasteiger partial charge on any atom is -0.494 e. The van der Waals surface area contributed by atoms with Crippen LogP contribution >= 0.6 is 22.6 Å². The second kappa shape index (κ2) is 5.26. The molecule has 0 bridgehead atoms. The van der Waals surface area contributed by atoms with Gasteiger partial charge in [-0.2, -0.15) is 0 Å². The Labute approximate surface area is 111 Å². The van der Waals surface area contributed by atoms with Gasteiger partial charge in [0.25, 0.3) is 0 Å². The van der Waals surface area contributed by atoms with Gasteiger partial charge >= 0.3 is 0 Å². The monoisotopic (exact) mass is 345 g/mol. The number of nitrogens with zero attached hydrogens (tertiary/aromatic N) is 2. The first-order valence-electron chi connectivity index (χ1n) is 4.77. The fraction of sp³-hybridized carbons (Fsp3) is 0.0909. The van der Waals surface area contributed by atoms with E-state index in [-0.39, 0.29) is 5.82 Å². The Hall–Kier alpha value is -1.44. The molecule has 1 N–H and O–H groups in total. The maximum atomic E-state index is 13.0. The van der Waals surface area contributed by atoms with E-state index in [2.05, 4.69) is 37.9 Å². The van der Waals surface area contributed by atoms with Crippen LogP contribution in [0.1, 0.15) is 0 Å². The van der Waals surface area contributed by atoms with Crippen molar-refractivity contribution >= 4 is 34.1 Å². The normalized spacial score (nSPS) is 10.1. The average Bonchev–Trinajstić information content (AvgIpc) is 2.34. The Kier molecular flexibility index (Phi) is 3.72. The van der Waals surface area contributed by atoms with E-state index in [1.807, 2.05) is 0 Å². The minimum absolute atomic E-state index is 0.343. The molecule has 0 aliphatic heterocycles. The molecule has 0 aliphatic rings. The van der Waals surface area contributed by atoms with Crippen molar-refractivity contribution in [3.05, 3.63) is 40.1 Å². The van der Waals surface area contributed by atoms with Crippen LogP contribution in [0, 0.1) is 9.39 Å². The summed E-state index contributed by atoms with van der Waals surface area (Å²) in [4.78, 5) is 7.99. The van der Waals surface area contributed by atoms with Crippen LogP contribution in [0.2, 0.25) is 0 Å². The Morgan fingerprint density at radius 3 is 2.94 bits per heavy atom. The van der Waals surface area contributed by atoms with Gasteiger partial charge < -0.3 is 10.1 Å². The van der Waals surface area contributed by atoms with E-state index < -0.39 is 0 Å². The van der Waals surface area contributed by atoms with Crippen LogP contribution in [0.4, 0.5) is 15.9 Å². The Morgan fingerprint density at radius 2 is 2.24 bits per heavy atom. The van der Waals surface area contributed by atoms with Gasteiger partial charge in [-0.25, -0.2) is 14.4 Å². The minimum atomic E-state index is -0.343. The summed E-state index contributed by atoms with van der Waals surface area (Å²) in [6.45, 7) is 0. The summed E-state index contributed by atoms with van der Waals surface area (Å²) in [5, 5.41) is 3.07. The van der Waals surface area contributed by atoms with Gasteiger partial charge in [-0.3, -0.25) is 0 Å². The molecule has 1 heterocycles. The lowest BCUT2D eigenvalue weighted by molar-refractivity contribution is 0.413. The second-order valence-corrected chi connectivity index (χ2v) is 4.35. The van der Waals surface area contributed by atoms with Crippen molar-refractivity contribution in [3.8, 4) is 5.75 Å². The number of ether oxygens (including phenoxy) is 1. The maximum absolute atomic E-state index is 13.0. The highest BCUT2D eigenvalue weighted by molar-refractivity contribution is 14.1. The molecule has 1 aromatic carbocycles. The number of halogens is 2. The highest BCUT2D eigenvalue weighted by atomic mass is 127. The van der Waals surface area contributed by atoms with Crippen molar-refractivity contribution < 1.29 is 9.13 Å². The van der Waals surface area contributed by atoms with Gasteiger partial charge in [0.15, 0.2) is 0 Å². The fourth-order valence-corrected chi connectivity index (χ4v) is 1.74. The number of rotatable bonds is 3. The summed E-state index contributed by atoms with van der Waals surface area (Å²) in [5.41, 5.74) is 0.658. The molecule has 2 aromatic rings. The first-order chi connectivity index (χ1) is 8.20. The van der Waals surface area contributed by atoms with Crippen LogP contribution in [0.3, 0.4) is 0 Å². The summed E-state index contributed by atoms with van der Waals surface area (Å²) in [5.74, 6) is 0.745. The number of aromatic nitrogens is 2. The SMILES string of the molecule is COc1cc(F)ccc1Nc1ncncc1I. The summed E-state index contributed by atoms with van der Waals surface area (Å²) in [7, 11) is 1.49. The van der Waals surface area contributed by atoms with Crippen LogP contribution in [-0.4, -0.2) is 17.1 Å². The zero-order valence-electron chi connectivity index (χ0n) is 8.95. The van der Waals surface area contributed by atoms with Crippen molar-refractivity contribution in [2.24, 2.45) is 0 Å². The predicted octanol–water partition coefficient (Wildman–Crippen LogP) is 2.97. The highest BCUT2D eigenvalue weighted by Gasteiger charge is 2.07. The summed E-state index contributed by atoms with van der Waals surface area (Å²) >= 11 is 2.12. The predicted molar refractivity (Wildman–Crippen MR) is 71.0 cm³/mol. The van der Waals surface area contributed by atoms with Gasteiger partial charge in [0.2, 0.25) is 0 Å². The molecule has 0 amide bonds. The lowest BCUT2D eigenvalue weighted by Crippen LogP contribution is -1.99. The molecule has 1 aromatic heterocycles. The Bertz CT molecular complexity index is 536. The molecule has 2 rings (SSSR count). The molecular weight excluding hydrogens is 336 g/mol. The van der Waals surface area contributed by atoms with Gasteiger partial charge in [0.1, 0.15) is 23.7 Å². The highest BCUT2D eigenvalue weighted by Crippen LogP contribution is 2.28. The van der Waals surface area contributed by atoms with E-state index >= 15 is 0 Å². The molecule has 0 saturated heterocycles. The van der Waals surface area contributed by atoms with E-state index in [0.29, 0.717) is 17.3 Å². The Balaban J connectivity index is 2.33. The number of nitrogens with one attached hydrogen (secondary N) is 1. The standard InChI is InChI=1S/C11H9FIN3O/c1-17-10-4-7(12)2-3-9(10)16-11-8(13)5-14-6-15-11/h2-6H,1H3,(H,14,15,16). The third-order valence-electron chi connectivity index (χ3n) is 2.08. The molecule has 4 nitrogen and oxygen atoms in total. The largest absolute Gasteiger partial charge is 0.494 e. The van der Waals surface area contributed by atoms with Gasteiger partial charge in [-0.05, 0) is 34.7 Å². The zero-order chi connectivity index (χ0) is 12.3. The Morgan fingerprint density at radius 1 is 1.41 bits per heavy atom. The quantitative estimate of drug-likeness (QED) is 0.869. The fourth-order valence-electron chi connectivity index (χ4n) is 1.30. The first kappa shape index (κ1) is 12.0. The second-order valence-electron chi connectivity index (χ2n) is 3.19. The van der Waals surface area contributed by atoms with Crippen LogP contribution in [-0.2, 0) is 0 Å². The molecule has 0 unspecified atom stereocenters. The molecule has 17 heavy (non-hydrogen) atoms. The lowest BCUT2D eigenvalue weighted by atomic mass is 10.3. The summed E-state index contributed by atoms with van der Waals surface area (Å²) in [6.07, 6.45) is 3.13. The van der Waals surface area contributed by atoms with Crippen molar-refractivity contribution in [2.45, 2.75) is 0 Å². The van der Waals surface area contributed by atoms with Gasteiger partial charge in [0, 0.05) is 12.3 Å². The summed E-state index contributed by atoms with van der Waals surface area (Å²) in [6, 6.07) is 4.28. The van der Waals surface area contributed by atoms with Gasteiger partial charge in [-0.15, -0.1) is 0 Å². The molecule has 0 fully saturated rings. The summed E-state index contributed by atoms with van der Waals surface area (Å²) < 4.78 is 19.0. The molecular formula is C11H9FIN3O. The van der Waals surface area contributed by atoms with Gasteiger partial charge in [-0.1, -0.05) is 0 Å². The zero-order valence-corrected chi connectivity index (χ0v) is 11.1. The number of benzene rings is 1. The van der Waals surface area contributed by atoms with Crippen LogP contribution < -0.4 is 10.1 Å². The molecule has 0 radical (unpaired) electrons. The van der Waals surface area contributed by atoms with Crippen LogP contribution in [0.15, 0.2) is 30.7 Å². The third-order valence-corrected chi connectivity index (χ3v) is 2.87. The van der Waals surface area contributed by atoms with E-state index in [1.165, 1.54) is 25.6 Å². The first-order valence-corrected chi connectivity index (χ1v) is 5.84. The molecule has 88 valence electrons. The lowest BCUT2D eigenvalue weighted by Gasteiger charge is -2.11. The molecule has 0 atom stereocenters. The van der Waals surface area contributed by atoms with Crippen LogP contribution in [0.25, 0.3) is 0 Å². The van der Waals surface area contributed by atoms with E-state index in [0.717, 1.165) is 3.57 Å².